The van der Waals surface area contributed by atoms with E-state index in [-0.39, 0.29) is 5.91 Å². The fourth-order valence-electron chi connectivity index (χ4n) is 3.03. The van der Waals surface area contributed by atoms with Gasteiger partial charge in [-0.1, -0.05) is 24.3 Å². The summed E-state index contributed by atoms with van der Waals surface area (Å²) in [5.74, 6) is 1.19. The molecular weight excluding hydrogens is 382 g/mol. The number of hydrogen-bond donors (Lipinski definition) is 3. The third kappa shape index (κ3) is 4.89. The zero-order valence-corrected chi connectivity index (χ0v) is 16.8. The molecular formula is C22H21N5OS. The zero-order chi connectivity index (χ0) is 20.1. The normalized spacial score (nSPS) is 10.7. The number of hydrogen-bond acceptors (Lipinski definition) is 6. The molecule has 4 rings (SSSR count). The first-order valence-corrected chi connectivity index (χ1v) is 10.2. The van der Waals surface area contributed by atoms with Gasteiger partial charge in [0, 0.05) is 35.1 Å². The van der Waals surface area contributed by atoms with Crippen molar-refractivity contribution in [3.8, 4) is 0 Å². The number of thiophene rings is 1. The lowest BCUT2D eigenvalue weighted by Gasteiger charge is -2.12. The first-order chi connectivity index (χ1) is 14.2. The summed E-state index contributed by atoms with van der Waals surface area (Å²) in [6.07, 6.45) is 0.942. The molecule has 0 unspecified atom stereocenters. The molecule has 1 amide bonds. The summed E-state index contributed by atoms with van der Waals surface area (Å²) in [4.78, 5) is 22.0. The number of nitrogens with zero attached hydrogens (tertiary/aromatic N) is 2. The highest BCUT2D eigenvalue weighted by molar-refractivity contribution is 7.09. The van der Waals surface area contributed by atoms with Crippen LogP contribution in [0.4, 0.5) is 23.1 Å². The first-order valence-electron chi connectivity index (χ1n) is 9.35. The van der Waals surface area contributed by atoms with Gasteiger partial charge in [0.05, 0.1) is 5.52 Å². The van der Waals surface area contributed by atoms with E-state index in [4.69, 9.17) is 0 Å². The van der Waals surface area contributed by atoms with E-state index in [1.165, 1.54) is 11.8 Å². The minimum atomic E-state index is -0.110. The second-order valence-corrected chi connectivity index (χ2v) is 7.59. The van der Waals surface area contributed by atoms with Crippen molar-refractivity contribution in [2.45, 2.75) is 13.3 Å². The van der Waals surface area contributed by atoms with E-state index in [1.807, 2.05) is 48.5 Å². The van der Waals surface area contributed by atoms with Gasteiger partial charge < -0.3 is 16.0 Å². The second kappa shape index (κ2) is 8.70. The molecule has 2 aromatic carbocycles. The second-order valence-electron chi connectivity index (χ2n) is 6.56. The van der Waals surface area contributed by atoms with Crippen LogP contribution in [0.25, 0.3) is 10.9 Å². The van der Waals surface area contributed by atoms with Crippen LogP contribution < -0.4 is 16.0 Å². The van der Waals surface area contributed by atoms with Crippen LogP contribution in [0.2, 0.25) is 0 Å². The van der Waals surface area contributed by atoms with Crippen molar-refractivity contribution in [3.05, 3.63) is 70.9 Å². The highest BCUT2D eigenvalue weighted by Crippen LogP contribution is 2.25. The van der Waals surface area contributed by atoms with Crippen LogP contribution in [0, 0.1) is 0 Å². The van der Waals surface area contributed by atoms with Crippen molar-refractivity contribution in [1.29, 1.82) is 0 Å². The molecule has 0 saturated heterocycles. The van der Waals surface area contributed by atoms with Crippen molar-refractivity contribution < 1.29 is 4.79 Å². The maximum absolute atomic E-state index is 11.3. The number of rotatable bonds is 7. The quantitative estimate of drug-likeness (QED) is 0.402. The maximum atomic E-state index is 11.3. The Hall–Kier alpha value is -3.45. The topological polar surface area (TPSA) is 78.9 Å². The van der Waals surface area contributed by atoms with E-state index in [1.54, 1.807) is 11.3 Å². The van der Waals surface area contributed by atoms with Gasteiger partial charge in [0.1, 0.15) is 5.82 Å². The van der Waals surface area contributed by atoms with Crippen molar-refractivity contribution in [1.82, 2.24) is 9.97 Å². The van der Waals surface area contributed by atoms with E-state index in [9.17, 15) is 4.79 Å². The third-order valence-corrected chi connectivity index (χ3v) is 5.22. The van der Waals surface area contributed by atoms with Crippen molar-refractivity contribution >= 4 is 51.3 Å². The first kappa shape index (κ1) is 18.9. The molecule has 29 heavy (non-hydrogen) atoms. The third-order valence-electron chi connectivity index (χ3n) is 4.29. The molecule has 3 N–H and O–H groups in total. The van der Waals surface area contributed by atoms with Crippen LogP contribution in [0.1, 0.15) is 11.8 Å². The Kier molecular flexibility index (Phi) is 5.67. The maximum Gasteiger partial charge on any atom is 0.229 e. The Bertz CT molecular complexity index is 1130. The number of benzene rings is 2. The van der Waals surface area contributed by atoms with Gasteiger partial charge in [0.15, 0.2) is 0 Å². The highest BCUT2D eigenvalue weighted by atomic mass is 32.1. The fourth-order valence-corrected chi connectivity index (χ4v) is 3.74. The van der Waals surface area contributed by atoms with E-state index >= 15 is 0 Å². The van der Waals surface area contributed by atoms with Crippen LogP contribution in [-0.2, 0) is 11.2 Å². The molecule has 7 heteroatoms. The van der Waals surface area contributed by atoms with E-state index < -0.39 is 0 Å². The number of para-hydroxylation sites is 1. The summed E-state index contributed by atoms with van der Waals surface area (Å²) in [5.41, 5.74) is 2.38. The predicted octanol–water partition coefficient (Wildman–Crippen LogP) is 5.05. The van der Waals surface area contributed by atoms with E-state index in [2.05, 4.69) is 43.4 Å². The Labute approximate surface area is 173 Å². The Morgan fingerprint density at radius 3 is 2.69 bits per heavy atom. The van der Waals surface area contributed by atoms with E-state index in [0.717, 1.165) is 41.1 Å². The van der Waals surface area contributed by atoms with Crippen LogP contribution >= 0.6 is 11.3 Å². The van der Waals surface area contributed by atoms with Crippen molar-refractivity contribution in [2.24, 2.45) is 0 Å². The molecule has 146 valence electrons. The number of carbonyl (C=O) groups is 1. The van der Waals surface area contributed by atoms with Crippen LogP contribution in [-0.4, -0.2) is 22.4 Å². The summed E-state index contributed by atoms with van der Waals surface area (Å²) in [6, 6.07) is 19.6. The Balaban J connectivity index is 1.57. The van der Waals surface area contributed by atoms with Gasteiger partial charge in [-0.05, 0) is 48.2 Å². The van der Waals surface area contributed by atoms with Gasteiger partial charge in [-0.25, -0.2) is 4.98 Å². The molecule has 0 radical (unpaired) electrons. The largest absolute Gasteiger partial charge is 0.369 e. The lowest BCUT2D eigenvalue weighted by molar-refractivity contribution is -0.114. The average molecular weight is 404 g/mol. The van der Waals surface area contributed by atoms with Gasteiger partial charge in [-0.3, -0.25) is 4.79 Å². The summed E-state index contributed by atoms with van der Waals surface area (Å²) < 4.78 is 0. The fraction of sp³-hybridized carbons (Fsp3) is 0.136. The molecule has 0 aliphatic carbocycles. The lowest BCUT2D eigenvalue weighted by Crippen LogP contribution is -2.09. The molecule has 2 aromatic heterocycles. The number of amides is 1. The molecule has 2 heterocycles. The van der Waals surface area contributed by atoms with Crippen LogP contribution in [0.15, 0.2) is 66.0 Å². The molecule has 0 saturated carbocycles. The SMILES string of the molecule is CC(=O)Nc1cccc(Nc2nc(NCCc3cccs3)c3ccccc3n2)c1. The van der Waals surface area contributed by atoms with Crippen molar-refractivity contribution in [2.75, 3.05) is 22.5 Å². The zero-order valence-electron chi connectivity index (χ0n) is 16.0. The smallest absolute Gasteiger partial charge is 0.229 e. The highest BCUT2D eigenvalue weighted by Gasteiger charge is 2.08. The minimum absolute atomic E-state index is 0.110. The summed E-state index contributed by atoms with van der Waals surface area (Å²) >= 11 is 1.76. The summed E-state index contributed by atoms with van der Waals surface area (Å²) in [6.45, 7) is 2.28. The summed E-state index contributed by atoms with van der Waals surface area (Å²) in [5, 5.41) is 12.5. The van der Waals surface area contributed by atoms with Gasteiger partial charge in [-0.2, -0.15) is 4.98 Å². The van der Waals surface area contributed by atoms with Crippen LogP contribution in [0.3, 0.4) is 0 Å². The molecule has 6 nitrogen and oxygen atoms in total. The Morgan fingerprint density at radius 1 is 1.00 bits per heavy atom. The average Bonchev–Trinajstić information content (AvgIpc) is 3.21. The van der Waals surface area contributed by atoms with Gasteiger partial charge in [0.25, 0.3) is 0 Å². The molecule has 0 atom stereocenters. The van der Waals surface area contributed by atoms with Gasteiger partial charge in [-0.15, -0.1) is 11.3 Å². The summed E-state index contributed by atoms with van der Waals surface area (Å²) in [7, 11) is 0. The number of nitrogens with one attached hydrogen (secondary N) is 3. The van der Waals surface area contributed by atoms with E-state index in [0.29, 0.717) is 5.95 Å². The predicted molar refractivity (Wildman–Crippen MR) is 120 cm³/mol. The standard InChI is InChI=1S/C22H21N5OS/c1-15(28)24-16-6-4-7-17(14-16)25-22-26-20-10-3-2-9-19(20)21(27-22)23-12-11-18-8-5-13-29-18/h2-10,13-14H,11-12H2,1H3,(H,24,28)(H2,23,25,26,27). The number of fused-ring (bicyclic) bond motifs is 1. The minimum Gasteiger partial charge on any atom is -0.369 e. The number of aromatic nitrogens is 2. The Morgan fingerprint density at radius 2 is 1.86 bits per heavy atom. The monoisotopic (exact) mass is 403 g/mol. The molecule has 0 aliphatic heterocycles. The molecule has 0 bridgehead atoms. The van der Waals surface area contributed by atoms with Gasteiger partial charge in [0.2, 0.25) is 11.9 Å². The molecule has 0 spiro atoms. The molecule has 4 aromatic rings. The lowest BCUT2D eigenvalue weighted by atomic mass is 10.2. The number of anilines is 4. The van der Waals surface area contributed by atoms with Crippen molar-refractivity contribution in [3.63, 3.8) is 0 Å². The van der Waals surface area contributed by atoms with Crippen LogP contribution in [0.5, 0.6) is 0 Å². The van der Waals surface area contributed by atoms with Gasteiger partial charge >= 0.3 is 0 Å². The molecule has 0 fully saturated rings. The number of carbonyl (C=O) groups excluding carboxylic acids is 1. The molecule has 0 aliphatic rings.